The van der Waals surface area contributed by atoms with E-state index in [1.54, 1.807) is 36.0 Å². The number of hydrogen-bond acceptors (Lipinski definition) is 5. The normalized spacial score (nSPS) is 15.9. The molecule has 2 rings (SSSR count). The van der Waals surface area contributed by atoms with Gasteiger partial charge in [0, 0.05) is 53.1 Å². The first-order valence-electron chi connectivity index (χ1n) is 7.71. The van der Waals surface area contributed by atoms with Gasteiger partial charge in [-0.25, -0.2) is 18.2 Å². The fourth-order valence-electron chi connectivity index (χ4n) is 2.44. The smallest absolute Gasteiger partial charge is 0.319 e. The molecule has 1 aliphatic rings. The number of nitrogens with zero attached hydrogens (tertiary/aromatic N) is 4. The maximum absolute atomic E-state index is 11.9. The molecule has 1 saturated heterocycles. The van der Waals surface area contributed by atoms with Crippen molar-refractivity contribution in [2.45, 2.75) is 18.9 Å². The molecule has 0 aromatic carbocycles. The van der Waals surface area contributed by atoms with Crippen molar-refractivity contribution in [3.05, 3.63) is 18.3 Å². The minimum absolute atomic E-state index is 0.00204. The predicted molar refractivity (Wildman–Crippen MR) is 91.8 cm³/mol. The molecule has 24 heavy (non-hydrogen) atoms. The van der Waals surface area contributed by atoms with Gasteiger partial charge in [-0.3, -0.25) is 4.31 Å². The highest BCUT2D eigenvalue weighted by Crippen LogP contribution is 2.21. The number of pyridine rings is 1. The fraction of sp³-hybridized carbons (Fsp3) is 0.600. The van der Waals surface area contributed by atoms with Crippen LogP contribution in [0.25, 0.3) is 0 Å². The lowest BCUT2D eigenvalue weighted by Gasteiger charge is -2.33. The average molecular weight is 356 g/mol. The zero-order valence-electron chi connectivity index (χ0n) is 14.5. The van der Waals surface area contributed by atoms with Crippen LogP contribution in [0.5, 0.6) is 5.88 Å². The fourth-order valence-corrected chi connectivity index (χ4v) is 2.93. The van der Waals surface area contributed by atoms with Crippen molar-refractivity contribution >= 4 is 21.7 Å². The molecule has 0 bridgehead atoms. The summed E-state index contributed by atoms with van der Waals surface area (Å²) in [5.74, 6) is 0.457. The van der Waals surface area contributed by atoms with Crippen LogP contribution in [0.4, 0.5) is 10.5 Å². The Bertz CT molecular complexity index is 667. The molecule has 8 nitrogen and oxygen atoms in total. The summed E-state index contributed by atoms with van der Waals surface area (Å²) in [6.45, 7) is 1.30. The van der Waals surface area contributed by atoms with Gasteiger partial charge in [-0.05, 0) is 6.07 Å². The molecule has 0 atom stereocenters. The Kier molecular flexibility index (Phi) is 5.53. The summed E-state index contributed by atoms with van der Waals surface area (Å²) < 4.78 is 30.0. The maximum atomic E-state index is 11.9. The highest BCUT2D eigenvalue weighted by molar-refractivity contribution is 7.92. The van der Waals surface area contributed by atoms with Crippen LogP contribution in [0.15, 0.2) is 18.3 Å². The van der Waals surface area contributed by atoms with Crippen LogP contribution in [0.3, 0.4) is 0 Å². The number of hydrogen-bond donors (Lipinski definition) is 0. The second-order valence-electron chi connectivity index (χ2n) is 6.07. The van der Waals surface area contributed by atoms with Gasteiger partial charge in [0.2, 0.25) is 15.9 Å². The molecule has 1 aromatic rings. The highest BCUT2D eigenvalue weighted by atomic mass is 32.2. The minimum atomic E-state index is -3.31. The summed E-state index contributed by atoms with van der Waals surface area (Å²) in [7, 11) is 1.65. The SMILES string of the molecule is CN(C)C(=O)N1CCC(Oc2ccc(N(C)S(C)(=O)=O)cn2)CC1. The number of carbonyl (C=O) groups excluding carboxylic acids is 1. The number of likely N-dealkylation sites (tertiary alicyclic amines) is 1. The number of sulfonamides is 1. The highest BCUT2D eigenvalue weighted by Gasteiger charge is 2.25. The van der Waals surface area contributed by atoms with Gasteiger partial charge in [0.1, 0.15) is 6.10 Å². The lowest BCUT2D eigenvalue weighted by molar-refractivity contribution is 0.0983. The van der Waals surface area contributed by atoms with E-state index in [0.717, 1.165) is 23.4 Å². The number of aromatic nitrogens is 1. The van der Waals surface area contributed by atoms with E-state index >= 15 is 0 Å². The lowest BCUT2D eigenvalue weighted by Crippen LogP contribution is -2.46. The Morgan fingerprint density at radius 2 is 1.88 bits per heavy atom. The van der Waals surface area contributed by atoms with Gasteiger partial charge in [-0.15, -0.1) is 0 Å². The standard InChI is InChI=1S/C15H24N4O4S/c1-17(2)15(20)19-9-7-13(8-10-19)23-14-6-5-12(11-16-14)18(3)24(4,21)22/h5-6,11,13H,7-10H2,1-4H3. The topological polar surface area (TPSA) is 83.0 Å². The van der Waals surface area contributed by atoms with E-state index in [1.807, 2.05) is 0 Å². The second-order valence-corrected chi connectivity index (χ2v) is 8.08. The van der Waals surface area contributed by atoms with Crippen molar-refractivity contribution in [3.8, 4) is 5.88 Å². The van der Waals surface area contributed by atoms with E-state index in [4.69, 9.17) is 4.74 Å². The number of carbonyl (C=O) groups is 1. The zero-order valence-corrected chi connectivity index (χ0v) is 15.3. The molecule has 0 saturated carbocycles. The molecule has 9 heteroatoms. The minimum Gasteiger partial charge on any atom is -0.474 e. The monoisotopic (exact) mass is 356 g/mol. The van der Waals surface area contributed by atoms with Crippen molar-refractivity contribution < 1.29 is 17.9 Å². The molecule has 1 aliphatic heterocycles. The first-order valence-corrected chi connectivity index (χ1v) is 9.56. The number of piperidine rings is 1. The summed E-state index contributed by atoms with van der Waals surface area (Å²) in [6.07, 6.45) is 4.10. The van der Waals surface area contributed by atoms with Gasteiger partial charge in [-0.2, -0.15) is 0 Å². The van der Waals surface area contributed by atoms with Crippen molar-refractivity contribution in [1.29, 1.82) is 0 Å². The summed E-state index contributed by atoms with van der Waals surface area (Å²) in [6, 6.07) is 3.34. The molecular weight excluding hydrogens is 332 g/mol. The van der Waals surface area contributed by atoms with Crippen molar-refractivity contribution in [2.24, 2.45) is 0 Å². The van der Waals surface area contributed by atoms with Gasteiger partial charge < -0.3 is 14.5 Å². The van der Waals surface area contributed by atoms with Crippen LogP contribution in [0, 0.1) is 0 Å². The first kappa shape index (κ1) is 18.3. The number of ether oxygens (including phenoxy) is 1. The Morgan fingerprint density at radius 1 is 1.25 bits per heavy atom. The van der Waals surface area contributed by atoms with Gasteiger partial charge >= 0.3 is 6.03 Å². The van der Waals surface area contributed by atoms with E-state index in [2.05, 4.69) is 4.98 Å². The van der Waals surface area contributed by atoms with Gasteiger partial charge in [-0.1, -0.05) is 0 Å². The summed E-state index contributed by atoms with van der Waals surface area (Å²) in [4.78, 5) is 19.4. The van der Waals surface area contributed by atoms with Crippen LogP contribution in [-0.4, -0.2) is 75.8 Å². The molecule has 0 spiro atoms. The van der Waals surface area contributed by atoms with Gasteiger partial charge in [0.15, 0.2) is 0 Å². The van der Waals surface area contributed by atoms with Crippen molar-refractivity contribution in [3.63, 3.8) is 0 Å². The summed E-state index contributed by atoms with van der Waals surface area (Å²) in [5, 5.41) is 0. The quantitative estimate of drug-likeness (QED) is 0.804. The van der Waals surface area contributed by atoms with E-state index in [0.29, 0.717) is 24.7 Å². The molecule has 2 amide bonds. The molecule has 1 fully saturated rings. The third kappa shape index (κ3) is 4.50. The third-order valence-electron chi connectivity index (χ3n) is 3.96. The molecule has 2 heterocycles. The van der Waals surface area contributed by atoms with Crippen LogP contribution < -0.4 is 9.04 Å². The summed E-state index contributed by atoms with van der Waals surface area (Å²) >= 11 is 0. The predicted octanol–water partition coefficient (Wildman–Crippen LogP) is 1.00. The molecule has 0 N–H and O–H groups in total. The molecule has 0 aliphatic carbocycles. The number of rotatable bonds is 4. The lowest BCUT2D eigenvalue weighted by atomic mass is 10.1. The van der Waals surface area contributed by atoms with Crippen molar-refractivity contribution in [2.75, 3.05) is 44.8 Å². The zero-order chi connectivity index (χ0) is 17.9. The van der Waals surface area contributed by atoms with E-state index in [-0.39, 0.29) is 12.1 Å². The Balaban J connectivity index is 1.90. The van der Waals surface area contributed by atoms with Crippen LogP contribution in [0.1, 0.15) is 12.8 Å². The Labute approximate surface area is 143 Å². The van der Waals surface area contributed by atoms with E-state index < -0.39 is 10.0 Å². The second kappa shape index (κ2) is 7.25. The number of amides is 2. The molecule has 134 valence electrons. The van der Waals surface area contributed by atoms with E-state index in [9.17, 15) is 13.2 Å². The van der Waals surface area contributed by atoms with E-state index in [1.165, 1.54) is 13.2 Å². The number of urea groups is 1. The van der Waals surface area contributed by atoms with Crippen LogP contribution >= 0.6 is 0 Å². The first-order chi connectivity index (χ1) is 11.2. The van der Waals surface area contributed by atoms with Crippen LogP contribution in [-0.2, 0) is 10.0 Å². The van der Waals surface area contributed by atoms with Crippen molar-refractivity contribution in [1.82, 2.24) is 14.8 Å². The average Bonchev–Trinajstić information content (AvgIpc) is 2.54. The van der Waals surface area contributed by atoms with Gasteiger partial charge in [0.25, 0.3) is 0 Å². The third-order valence-corrected chi connectivity index (χ3v) is 5.17. The molecular formula is C15H24N4O4S. The maximum Gasteiger partial charge on any atom is 0.319 e. The van der Waals surface area contributed by atoms with Crippen LogP contribution in [0.2, 0.25) is 0 Å². The molecule has 0 unspecified atom stereocenters. The molecule has 1 aromatic heterocycles. The number of anilines is 1. The van der Waals surface area contributed by atoms with Gasteiger partial charge in [0.05, 0.1) is 18.1 Å². The Morgan fingerprint density at radius 3 is 2.33 bits per heavy atom. The summed E-state index contributed by atoms with van der Waals surface area (Å²) in [5.41, 5.74) is 0.483. The Hall–Kier alpha value is -2.03. The molecule has 0 radical (unpaired) electrons. The largest absolute Gasteiger partial charge is 0.474 e.